The van der Waals surface area contributed by atoms with Crippen molar-refractivity contribution in [2.24, 2.45) is 0 Å². The minimum atomic E-state index is -0.326. The second-order valence-electron chi connectivity index (χ2n) is 1.97. The molecule has 9 heavy (non-hydrogen) atoms. The Morgan fingerprint density at radius 3 is 3.11 bits per heavy atom. The number of hydrogen-bond acceptors (Lipinski definition) is 3. The zero-order chi connectivity index (χ0) is 6.53. The molecule has 0 N–H and O–H groups in total. The highest BCUT2D eigenvalue weighted by atomic mass is 16.5. The minimum absolute atomic E-state index is 0.326. The molecule has 0 amide bonds. The third kappa shape index (κ3) is 2.11. The third-order valence-electron chi connectivity index (χ3n) is 1.20. The maximum absolute atomic E-state index is 10.1. The molecular weight excluding hydrogens is 120 g/mol. The first-order chi connectivity index (χ1) is 4.43. The molecule has 1 fully saturated rings. The summed E-state index contributed by atoms with van der Waals surface area (Å²) in [7, 11) is 0. The van der Waals surface area contributed by atoms with E-state index in [1.165, 1.54) is 0 Å². The maximum Gasteiger partial charge on any atom is 0.151 e. The van der Waals surface area contributed by atoms with E-state index in [0.717, 1.165) is 12.7 Å². The van der Waals surface area contributed by atoms with Crippen LogP contribution < -0.4 is 0 Å². The molecule has 52 valence electrons. The lowest BCUT2D eigenvalue weighted by Gasteiger charge is -2.03. The molecule has 0 bridgehead atoms. The van der Waals surface area contributed by atoms with Crippen molar-refractivity contribution in [3.8, 4) is 0 Å². The molecule has 1 unspecified atom stereocenters. The summed E-state index contributed by atoms with van der Waals surface area (Å²) in [6.45, 7) is 1.78. The Bertz CT molecular complexity index is 84.3. The van der Waals surface area contributed by atoms with Crippen LogP contribution in [0.2, 0.25) is 0 Å². The van der Waals surface area contributed by atoms with Crippen molar-refractivity contribution in [2.75, 3.05) is 19.8 Å². The molecule has 1 saturated heterocycles. The van der Waals surface area contributed by atoms with Gasteiger partial charge in [0.05, 0.1) is 6.61 Å². The predicted octanol–water partition coefficient (Wildman–Crippen LogP) is -0.00920. The molecule has 1 aliphatic heterocycles. The number of ether oxygens (including phenoxy) is 2. The van der Waals surface area contributed by atoms with Crippen molar-refractivity contribution in [3.05, 3.63) is 0 Å². The molecule has 1 rings (SSSR count). The van der Waals surface area contributed by atoms with Crippen LogP contribution in [0.15, 0.2) is 0 Å². The van der Waals surface area contributed by atoms with E-state index in [2.05, 4.69) is 0 Å². The maximum atomic E-state index is 10.1. The lowest BCUT2D eigenvalue weighted by atomic mass is 10.4. The fourth-order valence-corrected chi connectivity index (χ4v) is 0.722. The van der Waals surface area contributed by atoms with Crippen LogP contribution in [-0.4, -0.2) is 32.2 Å². The molecule has 0 aromatic rings. The lowest BCUT2D eigenvalue weighted by molar-refractivity contribution is -0.119. The Morgan fingerprint density at radius 1 is 1.44 bits per heavy atom. The van der Waals surface area contributed by atoms with Gasteiger partial charge in [0.2, 0.25) is 0 Å². The highest BCUT2D eigenvalue weighted by Gasteiger charge is 2.10. The van der Waals surface area contributed by atoms with Crippen LogP contribution in [0.1, 0.15) is 6.42 Å². The summed E-state index contributed by atoms with van der Waals surface area (Å²) < 4.78 is 10.1. The van der Waals surface area contributed by atoms with Gasteiger partial charge < -0.3 is 14.3 Å². The van der Waals surface area contributed by atoms with Gasteiger partial charge in [0.25, 0.3) is 0 Å². The average molecular weight is 130 g/mol. The van der Waals surface area contributed by atoms with Gasteiger partial charge in [-0.2, -0.15) is 0 Å². The molecule has 1 heterocycles. The number of carbonyl (C=O) groups excluding carboxylic acids is 1. The van der Waals surface area contributed by atoms with Gasteiger partial charge in [0.1, 0.15) is 6.10 Å². The highest BCUT2D eigenvalue weighted by Crippen LogP contribution is 1.98. The van der Waals surface area contributed by atoms with Crippen molar-refractivity contribution in [2.45, 2.75) is 12.5 Å². The quantitative estimate of drug-likeness (QED) is 0.468. The molecule has 3 nitrogen and oxygen atoms in total. The number of carbonyl (C=O) groups is 1. The van der Waals surface area contributed by atoms with Gasteiger partial charge in [-0.1, -0.05) is 0 Å². The Balaban J connectivity index is 2.26. The van der Waals surface area contributed by atoms with Crippen LogP contribution in [0.25, 0.3) is 0 Å². The molecule has 0 aromatic carbocycles. The van der Waals surface area contributed by atoms with Gasteiger partial charge in [-0.25, -0.2) is 0 Å². The van der Waals surface area contributed by atoms with Gasteiger partial charge in [-0.05, 0) is 6.42 Å². The van der Waals surface area contributed by atoms with Crippen LogP contribution in [0, 0.1) is 0 Å². The van der Waals surface area contributed by atoms with E-state index >= 15 is 0 Å². The summed E-state index contributed by atoms with van der Waals surface area (Å²) in [5.41, 5.74) is 0. The Labute approximate surface area is 53.9 Å². The SMILES string of the molecule is O=CC1COCCCO1. The summed E-state index contributed by atoms with van der Waals surface area (Å²) in [6, 6.07) is 0. The predicted molar refractivity (Wildman–Crippen MR) is 31.2 cm³/mol. The van der Waals surface area contributed by atoms with Crippen molar-refractivity contribution in [3.63, 3.8) is 0 Å². The van der Waals surface area contributed by atoms with Gasteiger partial charge in [0.15, 0.2) is 6.29 Å². The molecule has 1 aliphatic rings. The van der Waals surface area contributed by atoms with Crippen LogP contribution in [-0.2, 0) is 14.3 Å². The van der Waals surface area contributed by atoms with Crippen LogP contribution in [0.5, 0.6) is 0 Å². The van der Waals surface area contributed by atoms with E-state index in [-0.39, 0.29) is 6.10 Å². The lowest BCUT2D eigenvalue weighted by Crippen LogP contribution is -2.18. The first kappa shape index (κ1) is 6.71. The summed E-state index contributed by atoms with van der Waals surface area (Å²) in [5.74, 6) is 0. The number of aldehydes is 1. The molecule has 0 saturated carbocycles. The first-order valence-corrected chi connectivity index (χ1v) is 3.08. The van der Waals surface area contributed by atoms with E-state index in [9.17, 15) is 4.79 Å². The minimum Gasteiger partial charge on any atom is -0.378 e. The molecule has 0 spiro atoms. The summed E-state index contributed by atoms with van der Waals surface area (Å²) in [6.07, 6.45) is 1.35. The van der Waals surface area contributed by atoms with E-state index in [1.807, 2.05) is 0 Å². The molecule has 3 heteroatoms. The first-order valence-electron chi connectivity index (χ1n) is 3.08. The topological polar surface area (TPSA) is 35.5 Å². The van der Waals surface area contributed by atoms with Crippen LogP contribution in [0.3, 0.4) is 0 Å². The Kier molecular flexibility index (Phi) is 2.67. The normalized spacial score (nSPS) is 29.1. The summed E-state index contributed by atoms with van der Waals surface area (Å²) >= 11 is 0. The molecule has 0 radical (unpaired) electrons. The van der Waals surface area contributed by atoms with Crippen molar-refractivity contribution in [1.29, 1.82) is 0 Å². The smallest absolute Gasteiger partial charge is 0.151 e. The van der Waals surface area contributed by atoms with E-state index in [0.29, 0.717) is 19.8 Å². The van der Waals surface area contributed by atoms with E-state index in [4.69, 9.17) is 9.47 Å². The standard InChI is InChI=1S/C6H10O3/c7-4-6-5-8-2-1-3-9-6/h4,6H,1-3,5H2. The van der Waals surface area contributed by atoms with Crippen LogP contribution >= 0.6 is 0 Å². The van der Waals surface area contributed by atoms with E-state index < -0.39 is 0 Å². The van der Waals surface area contributed by atoms with Crippen molar-refractivity contribution < 1.29 is 14.3 Å². The molecule has 0 aliphatic carbocycles. The second-order valence-corrected chi connectivity index (χ2v) is 1.97. The Morgan fingerprint density at radius 2 is 2.33 bits per heavy atom. The zero-order valence-electron chi connectivity index (χ0n) is 5.21. The largest absolute Gasteiger partial charge is 0.378 e. The fraction of sp³-hybridized carbons (Fsp3) is 0.833. The third-order valence-corrected chi connectivity index (χ3v) is 1.20. The summed E-state index contributed by atoms with van der Waals surface area (Å²) in [4.78, 5) is 10.1. The second kappa shape index (κ2) is 3.58. The van der Waals surface area contributed by atoms with Crippen molar-refractivity contribution >= 4 is 6.29 Å². The monoisotopic (exact) mass is 130 g/mol. The summed E-state index contributed by atoms with van der Waals surface area (Å²) in [5, 5.41) is 0. The van der Waals surface area contributed by atoms with Crippen LogP contribution in [0.4, 0.5) is 0 Å². The molecule has 1 atom stereocenters. The highest BCUT2D eigenvalue weighted by molar-refractivity contribution is 5.56. The average Bonchev–Trinajstić information content (AvgIpc) is 2.13. The molecule has 0 aromatic heterocycles. The Hall–Kier alpha value is -0.410. The van der Waals surface area contributed by atoms with Gasteiger partial charge in [-0.15, -0.1) is 0 Å². The van der Waals surface area contributed by atoms with Gasteiger partial charge >= 0.3 is 0 Å². The molecular formula is C6H10O3. The van der Waals surface area contributed by atoms with Crippen molar-refractivity contribution in [1.82, 2.24) is 0 Å². The van der Waals surface area contributed by atoms with Gasteiger partial charge in [-0.3, -0.25) is 0 Å². The zero-order valence-corrected chi connectivity index (χ0v) is 5.21. The number of rotatable bonds is 1. The van der Waals surface area contributed by atoms with Gasteiger partial charge in [0, 0.05) is 13.2 Å². The number of hydrogen-bond donors (Lipinski definition) is 0. The fourth-order valence-electron chi connectivity index (χ4n) is 0.722. The van der Waals surface area contributed by atoms with E-state index in [1.54, 1.807) is 0 Å².